The fourth-order valence-electron chi connectivity index (χ4n) is 4.76. The molecule has 0 unspecified atom stereocenters. The molecule has 0 N–H and O–H groups in total. The van der Waals surface area contributed by atoms with Gasteiger partial charge in [0.25, 0.3) is 0 Å². The normalized spacial score (nSPS) is 26.8. The van der Waals surface area contributed by atoms with E-state index in [0.29, 0.717) is 0 Å². The molecule has 0 bridgehead atoms. The monoisotopic (exact) mass is 329 g/mol. The number of benzene rings is 3. The van der Waals surface area contributed by atoms with Crippen LogP contribution in [0.5, 0.6) is 11.5 Å². The van der Waals surface area contributed by atoms with Crippen molar-refractivity contribution in [3.05, 3.63) is 71.8 Å². The minimum absolute atomic E-state index is 0.103. The van der Waals surface area contributed by atoms with Crippen LogP contribution in [0.25, 0.3) is 10.8 Å². The zero-order chi connectivity index (χ0) is 16.4. The van der Waals surface area contributed by atoms with Gasteiger partial charge in [-0.3, -0.25) is 0 Å². The first-order chi connectivity index (χ1) is 12.4. The summed E-state index contributed by atoms with van der Waals surface area (Å²) in [7, 11) is 0. The summed E-state index contributed by atoms with van der Waals surface area (Å²) < 4.78 is 12.8. The molecule has 0 radical (unpaired) electrons. The molecule has 3 heterocycles. The molecule has 3 aromatic carbocycles. The number of nitrogens with zero attached hydrogens (tertiary/aromatic N) is 1. The maximum Gasteiger partial charge on any atom is 0.156 e. The molecule has 1 fully saturated rings. The van der Waals surface area contributed by atoms with Crippen LogP contribution in [0.1, 0.15) is 36.4 Å². The topological polar surface area (TPSA) is 21.7 Å². The summed E-state index contributed by atoms with van der Waals surface area (Å²) in [5, 5.41) is 2.55. The van der Waals surface area contributed by atoms with Crippen molar-refractivity contribution in [3.8, 4) is 11.5 Å². The fraction of sp³-hybridized carbons (Fsp3) is 0.273. The lowest BCUT2D eigenvalue weighted by molar-refractivity contribution is -0.147. The van der Waals surface area contributed by atoms with E-state index >= 15 is 0 Å². The molecule has 124 valence electrons. The van der Waals surface area contributed by atoms with E-state index in [9.17, 15) is 0 Å². The van der Waals surface area contributed by atoms with Crippen molar-refractivity contribution in [2.45, 2.75) is 37.8 Å². The highest BCUT2D eigenvalue weighted by Gasteiger charge is 2.47. The Morgan fingerprint density at radius 2 is 1.52 bits per heavy atom. The minimum Gasteiger partial charge on any atom is -0.475 e. The highest BCUT2D eigenvalue weighted by Crippen LogP contribution is 2.52. The van der Waals surface area contributed by atoms with Crippen molar-refractivity contribution in [2.24, 2.45) is 0 Å². The van der Waals surface area contributed by atoms with Crippen LogP contribution in [0.2, 0.25) is 0 Å². The molecule has 25 heavy (non-hydrogen) atoms. The predicted octanol–water partition coefficient (Wildman–Crippen LogP) is 4.85. The first-order valence-electron chi connectivity index (χ1n) is 9.11. The van der Waals surface area contributed by atoms with Gasteiger partial charge in [0.05, 0.1) is 6.04 Å². The summed E-state index contributed by atoms with van der Waals surface area (Å²) in [5.41, 5.74) is 2.54. The number of para-hydroxylation sites is 1. The fourth-order valence-corrected chi connectivity index (χ4v) is 4.76. The van der Waals surface area contributed by atoms with Crippen LogP contribution in [0.4, 0.5) is 0 Å². The number of hydrogen-bond donors (Lipinski definition) is 0. The maximum atomic E-state index is 6.44. The molecule has 0 aliphatic carbocycles. The van der Waals surface area contributed by atoms with Crippen molar-refractivity contribution in [3.63, 3.8) is 0 Å². The maximum absolute atomic E-state index is 6.44. The second-order valence-electron chi connectivity index (χ2n) is 7.16. The summed E-state index contributed by atoms with van der Waals surface area (Å²) in [6.07, 6.45) is 3.47. The summed E-state index contributed by atoms with van der Waals surface area (Å²) >= 11 is 0. The highest BCUT2D eigenvalue weighted by molar-refractivity contribution is 5.89. The van der Waals surface area contributed by atoms with E-state index < -0.39 is 0 Å². The zero-order valence-corrected chi connectivity index (χ0v) is 13.9. The molecule has 0 spiro atoms. The number of ether oxygens (including phenoxy) is 2. The molecule has 3 aliphatic rings. The van der Waals surface area contributed by atoms with Crippen LogP contribution in [0, 0.1) is 0 Å². The van der Waals surface area contributed by atoms with E-state index in [1.54, 1.807) is 0 Å². The van der Waals surface area contributed by atoms with Gasteiger partial charge in [0.2, 0.25) is 0 Å². The Morgan fingerprint density at radius 1 is 0.760 bits per heavy atom. The number of rotatable bonds is 0. The predicted molar refractivity (Wildman–Crippen MR) is 96.8 cm³/mol. The van der Waals surface area contributed by atoms with Crippen molar-refractivity contribution in [1.82, 2.24) is 4.90 Å². The van der Waals surface area contributed by atoms with Gasteiger partial charge >= 0.3 is 0 Å². The lowest BCUT2D eigenvalue weighted by Crippen LogP contribution is -2.57. The Hall–Kier alpha value is -2.52. The van der Waals surface area contributed by atoms with Crippen LogP contribution in [0.3, 0.4) is 0 Å². The zero-order valence-electron chi connectivity index (χ0n) is 13.9. The molecule has 0 saturated carbocycles. The van der Waals surface area contributed by atoms with Gasteiger partial charge in [-0.25, -0.2) is 4.90 Å². The summed E-state index contributed by atoms with van der Waals surface area (Å²) in [6.45, 7) is 0. The molecule has 3 heteroatoms. The first kappa shape index (κ1) is 13.7. The van der Waals surface area contributed by atoms with Gasteiger partial charge < -0.3 is 9.47 Å². The van der Waals surface area contributed by atoms with Crippen molar-refractivity contribution in [2.75, 3.05) is 0 Å². The number of fused-ring (bicyclic) bond motifs is 6. The van der Waals surface area contributed by atoms with Gasteiger partial charge in [0.1, 0.15) is 11.5 Å². The molecule has 0 aromatic heterocycles. The average molecular weight is 329 g/mol. The van der Waals surface area contributed by atoms with Crippen LogP contribution in [0.15, 0.2) is 60.7 Å². The summed E-state index contributed by atoms with van der Waals surface area (Å²) in [6, 6.07) is 21.6. The largest absolute Gasteiger partial charge is 0.475 e. The molecule has 3 aromatic rings. The van der Waals surface area contributed by atoms with Gasteiger partial charge in [-0.1, -0.05) is 48.5 Å². The molecule has 3 atom stereocenters. The van der Waals surface area contributed by atoms with Crippen LogP contribution < -0.4 is 9.47 Å². The number of piperidine rings is 1. The first-order valence-corrected chi connectivity index (χ1v) is 9.11. The molecular weight excluding hydrogens is 310 g/mol. The molecular formula is C22H19NO2. The van der Waals surface area contributed by atoms with Crippen LogP contribution in [-0.2, 0) is 0 Å². The third-order valence-electron chi connectivity index (χ3n) is 5.81. The molecule has 0 amide bonds. The third kappa shape index (κ3) is 1.84. The van der Waals surface area contributed by atoms with E-state index in [0.717, 1.165) is 30.8 Å². The Balaban J connectivity index is 1.68. The summed E-state index contributed by atoms with van der Waals surface area (Å²) in [4.78, 5) is 2.46. The summed E-state index contributed by atoms with van der Waals surface area (Å²) in [5.74, 6) is 2.05. The van der Waals surface area contributed by atoms with E-state index in [1.807, 2.05) is 0 Å². The Morgan fingerprint density at radius 3 is 2.44 bits per heavy atom. The average Bonchev–Trinajstić information content (AvgIpc) is 2.67. The molecule has 3 nitrogen and oxygen atoms in total. The highest BCUT2D eigenvalue weighted by atomic mass is 16.5. The van der Waals surface area contributed by atoms with E-state index in [2.05, 4.69) is 65.6 Å². The van der Waals surface area contributed by atoms with Gasteiger partial charge in [0, 0.05) is 11.1 Å². The lowest BCUT2D eigenvalue weighted by atomic mass is 9.86. The van der Waals surface area contributed by atoms with Crippen LogP contribution >= 0.6 is 0 Å². The van der Waals surface area contributed by atoms with E-state index in [4.69, 9.17) is 9.47 Å². The Bertz CT molecular complexity index is 983. The second-order valence-corrected chi connectivity index (χ2v) is 7.16. The molecule has 3 aliphatic heterocycles. The minimum atomic E-state index is 0.103. The van der Waals surface area contributed by atoms with Gasteiger partial charge in [-0.05, 0) is 42.2 Å². The quantitative estimate of drug-likeness (QED) is 0.588. The van der Waals surface area contributed by atoms with Crippen LogP contribution in [-0.4, -0.2) is 17.4 Å². The SMILES string of the molecule is c1ccc2c(c1)O[C@@H]1CCC[C@H]3Oc4ccc5ccccc5c4[C@H]2N13. The second kappa shape index (κ2) is 4.99. The van der Waals surface area contributed by atoms with E-state index in [1.165, 1.54) is 21.9 Å². The van der Waals surface area contributed by atoms with Gasteiger partial charge in [-0.15, -0.1) is 0 Å². The van der Waals surface area contributed by atoms with E-state index in [-0.39, 0.29) is 18.5 Å². The van der Waals surface area contributed by atoms with Crippen molar-refractivity contribution in [1.29, 1.82) is 0 Å². The van der Waals surface area contributed by atoms with Crippen molar-refractivity contribution < 1.29 is 9.47 Å². The third-order valence-corrected chi connectivity index (χ3v) is 5.81. The van der Waals surface area contributed by atoms with Gasteiger partial charge in [-0.2, -0.15) is 0 Å². The smallest absolute Gasteiger partial charge is 0.156 e. The standard InChI is InChI=1S/C22H19NO2/c1-2-7-15-14(6-1)12-13-18-21(15)22-16-8-3-4-9-17(16)24-19-10-5-11-20(25-18)23(19)22/h1-4,6-9,12-13,19-20,22H,5,10-11H2/t19-,20-,22+/m1/s1. The Kier molecular flexibility index (Phi) is 2.74. The lowest BCUT2D eigenvalue weighted by Gasteiger charge is -2.52. The Labute approximate surface area is 146 Å². The molecule has 1 saturated heterocycles. The number of hydrogen-bond acceptors (Lipinski definition) is 3. The van der Waals surface area contributed by atoms with Gasteiger partial charge in [0.15, 0.2) is 12.5 Å². The molecule has 6 rings (SSSR count). The van der Waals surface area contributed by atoms with Crippen molar-refractivity contribution >= 4 is 10.8 Å².